The first kappa shape index (κ1) is 33.9. The molecule has 0 aliphatic heterocycles. The first-order valence-corrected chi connectivity index (χ1v) is 14.5. The number of aryl methyl sites for hydroxylation is 4. The molecule has 0 aliphatic rings. The molecule has 0 saturated heterocycles. The van der Waals surface area contributed by atoms with E-state index in [2.05, 4.69) is 59.2 Å². The van der Waals surface area contributed by atoms with Crippen molar-refractivity contribution >= 4 is 74.3 Å². The Morgan fingerprint density at radius 2 is 1.36 bits per heavy atom. The monoisotopic (exact) mass is 709 g/mol. The van der Waals surface area contributed by atoms with Crippen LogP contribution in [-0.4, -0.2) is 70.4 Å². The molecule has 0 spiro atoms. The standard InChI is InChI=1S/C28H32BrN13O5/c1-14(29)24(43)37-22-13-41(4)23(35-22)28(47)36-21-10-19(42(5)38-21)27(46)34-16-9-18(40(3)12-16)26(45)33-15-8-17(39(2)11-15)25(44)32-7-6-20(30)31/h8-13H,1,6-7H2,2-5H3,(H3,30,31)(H,32,44)(H,33,45)(H,34,46)(H,37,43)(H,36,38,47). The minimum absolute atomic E-state index is 0.0214. The number of halogens is 1. The maximum Gasteiger partial charge on any atom is 0.292 e. The summed E-state index contributed by atoms with van der Waals surface area (Å²) in [4.78, 5) is 67.4. The molecule has 4 aromatic heterocycles. The van der Waals surface area contributed by atoms with Gasteiger partial charge in [-0.1, -0.05) is 6.58 Å². The topological polar surface area (TPSA) is 241 Å². The number of amidine groups is 1. The second-order valence-corrected chi connectivity index (χ2v) is 11.3. The number of rotatable bonds is 12. The van der Waals surface area contributed by atoms with Gasteiger partial charge < -0.3 is 46.0 Å². The first-order chi connectivity index (χ1) is 22.1. The van der Waals surface area contributed by atoms with Gasteiger partial charge in [0.05, 0.1) is 21.7 Å². The smallest absolute Gasteiger partial charge is 0.292 e. The normalized spacial score (nSPS) is 10.7. The van der Waals surface area contributed by atoms with Crippen molar-refractivity contribution in [2.45, 2.75) is 6.42 Å². The van der Waals surface area contributed by atoms with E-state index in [0.717, 1.165) is 0 Å². The van der Waals surface area contributed by atoms with E-state index in [9.17, 15) is 24.0 Å². The van der Waals surface area contributed by atoms with E-state index in [-0.39, 0.29) is 58.0 Å². The Bertz CT molecular complexity index is 1930. The van der Waals surface area contributed by atoms with Crippen LogP contribution < -0.4 is 32.3 Å². The molecule has 0 unspecified atom stereocenters. The molecule has 4 aromatic rings. The molecule has 0 aliphatic carbocycles. The Labute approximate surface area is 276 Å². The molecule has 8 N–H and O–H groups in total. The van der Waals surface area contributed by atoms with Gasteiger partial charge >= 0.3 is 0 Å². The SMILES string of the molecule is C=C(Br)C(=O)Nc1cn(C)c(C(=O)Nc2cc(C(=O)Nc3cc(C(=O)Nc4cc(C(=O)NCCC(=N)N)n(C)c4)n(C)c3)n(C)n2)n1. The first-order valence-electron chi connectivity index (χ1n) is 13.7. The molecule has 0 bridgehead atoms. The Kier molecular flexibility index (Phi) is 10.1. The fraction of sp³-hybridized carbons (Fsp3) is 0.214. The largest absolute Gasteiger partial charge is 0.388 e. The highest BCUT2D eigenvalue weighted by Gasteiger charge is 2.21. The molecule has 19 heteroatoms. The summed E-state index contributed by atoms with van der Waals surface area (Å²) in [5.74, 6) is -2.42. The predicted octanol–water partition coefficient (Wildman–Crippen LogP) is 1.49. The van der Waals surface area contributed by atoms with Crippen LogP contribution in [0, 0.1) is 5.41 Å². The molecule has 0 saturated carbocycles. The van der Waals surface area contributed by atoms with Gasteiger partial charge in [0, 0.05) is 65.8 Å². The van der Waals surface area contributed by atoms with Gasteiger partial charge in [0.15, 0.2) is 11.6 Å². The lowest BCUT2D eigenvalue weighted by molar-refractivity contribution is -0.112. The van der Waals surface area contributed by atoms with Crippen LogP contribution in [0.5, 0.6) is 0 Å². The average molecular weight is 711 g/mol. The van der Waals surface area contributed by atoms with Gasteiger partial charge in [-0.3, -0.25) is 34.1 Å². The summed E-state index contributed by atoms with van der Waals surface area (Å²) < 4.78 is 5.85. The van der Waals surface area contributed by atoms with Crippen LogP contribution in [0.2, 0.25) is 0 Å². The fourth-order valence-corrected chi connectivity index (χ4v) is 4.44. The Balaban J connectivity index is 1.38. The van der Waals surface area contributed by atoms with E-state index in [1.54, 1.807) is 38.1 Å². The summed E-state index contributed by atoms with van der Waals surface area (Å²) in [5, 5.41) is 24.6. The summed E-state index contributed by atoms with van der Waals surface area (Å²) in [6, 6.07) is 4.36. The predicted molar refractivity (Wildman–Crippen MR) is 177 cm³/mol. The zero-order valence-electron chi connectivity index (χ0n) is 25.8. The van der Waals surface area contributed by atoms with Gasteiger partial charge in [0.1, 0.15) is 17.1 Å². The second-order valence-electron chi connectivity index (χ2n) is 10.3. The molecule has 0 aromatic carbocycles. The van der Waals surface area contributed by atoms with Crippen molar-refractivity contribution in [1.82, 2.24) is 33.8 Å². The van der Waals surface area contributed by atoms with E-state index in [0.29, 0.717) is 17.1 Å². The quantitative estimate of drug-likeness (QED) is 0.0644. The molecule has 5 amide bonds. The number of carbonyl (C=O) groups excluding carboxylic acids is 5. The van der Waals surface area contributed by atoms with Crippen LogP contribution in [0.4, 0.5) is 23.0 Å². The third-order valence-electron chi connectivity index (χ3n) is 6.59. The summed E-state index contributed by atoms with van der Waals surface area (Å²) in [5.41, 5.74) is 6.64. The van der Waals surface area contributed by atoms with Gasteiger partial charge in [0.25, 0.3) is 29.5 Å². The highest BCUT2D eigenvalue weighted by molar-refractivity contribution is 9.12. The zero-order chi connectivity index (χ0) is 34.6. The summed E-state index contributed by atoms with van der Waals surface area (Å²) in [7, 11) is 6.38. The van der Waals surface area contributed by atoms with Crippen molar-refractivity contribution in [3.05, 3.63) is 70.8 Å². The number of nitrogens with zero attached hydrogens (tertiary/aromatic N) is 6. The van der Waals surface area contributed by atoms with Crippen molar-refractivity contribution in [3.63, 3.8) is 0 Å². The molecule has 246 valence electrons. The number of hydrogen-bond acceptors (Lipinski definition) is 8. The number of nitrogens with two attached hydrogens (primary N) is 1. The van der Waals surface area contributed by atoms with Crippen LogP contribution in [0.3, 0.4) is 0 Å². The lowest BCUT2D eigenvalue weighted by atomic mass is 10.3. The molecular formula is C28H32BrN13O5. The molecule has 18 nitrogen and oxygen atoms in total. The number of carbonyl (C=O) groups is 5. The molecule has 4 rings (SSSR count). The third-order valence-corrected chi connectivity index (χ3v) is 6.95. The Morgan fingerprint density at radius 3 is 1.94 bits per heavy atom. The van der Waals surface area contributed by atoms with Crippen molar-refractivity contribution in [2.24, 2.45) is 33.9 Å². The lowest BCUT2D eigenvalue weighted by Gasteiger charge is -2.04. The zero-order valence-corrected chi connectivity index (χ0v) is 27.4. The van der Waals surface area contributed by atoms with Crippen molar-refractivity contribution < 1.29 is 24.0 Å². The van der Waals surface area contributed by atoms with E-state index < -0.39 is 23.6 Å². The molecule has 0 atom stereocenters. The van der Waals surface area contributed by atoms with Crippen molar-refractivity contribution in [1.29, 1.82) is 5.41 Å². The van der Waals surface area contributed by atoms with Crippen LogP contribution in [0.15, 0.2) is 47.9 Å². The molecule has 0 fully saturated rings. The van der Waals surface area contributed by atoms with Crippen LogP contribution in [-0.2, 0) is 33.0 Å². The van der Waals surface area contributed by atoms with E-state index in [4.69, 9.17) is 11.1 Å². The summed E-state index contributed by atoms with van der Waals surface area (Å²) in [6.45, 7) is 3.68. The highest BCUT2D eigenvalue weighted by Crippen LogP contribution is 2.19. The van der Waals surface area contributed by atoms with E-state index >= 15 is 0 Å². The van der Waals surface area contributed by atoms with E-state index in [1.807, 2.05) is 0 Å². The number of imidazole rings is 1. The van der Waals surface area contributed by atoms with Crippen molar-refractivity contribution in [2.75, 3.05) is 27.8 Å². The van der Waals surface area contributed by atoms with Gasteiger partial charge in [-0.05, 0) is 28.1 Å². The van der Waals surface area contributed by atoms with Crippen LogP contribution >= 0.6 is 15.9 Å². The lowest BCUT2D eigenvalue weighted by Crippen LogP contribution is -2.28. The highest BCUT2D eigenvalue weighted by atomic mass is 79.9. The van der Waals surface area contributed by atoms with Gasteiger partial charge in [-0.15, -0.1) is 0 Å². The summed E-state index contributed by atoms with van der Waals surface area (Å²) in [6.07, 6.45) is 4.79. The number of aromatic nitrogens is 6. The van der Waals surface area contributed by atoms with Gasteiger partial charge in [-0.2, -0.15) is 5.10 Å². The maximum absolute atomic E-state index is 13.1. The number of amides is 5. The molecule has 4 heterocycles. The van der Waals surface area contributed by atoms with Crippen LogP contribution in [0.1, 0.15) is 48.5 Å². The fourth-order valence-electron chi connectivity index (χ4n) is 4.34. The third kappa shape index (κ3) is 8.19. The minimum atomic E-state index is -0.631. The maximum atomic E-state index is 13.1. The average Bonchev–Trinajstić information content (AvgIpc) is 3.73. The van der Waals surface area contributed by atoms with E-state index in [1.165, 1.54) is 45.3 Å². The van der Waals surface area contributed by atoms with Crippen molar-refractivity contribution in [3.8, 4) is 0 Å². The van der Waals surface area contributed by atoms with Gasteiger partial charge in [0.2, 0.25) is 5.82 Å². The molecular weight excluding hydrogens is 678 g/mol. The Hall–Kier alpha value is -5.98. The second kappa shape index (κ2) is 14.0. The molecule has 0 radical (unpaired) electrons. The van der Waals surface area contributed by atoms with Crippen LogP contribution in [0.25, 0.3) is 0 Å². The number of hydrogen-bond donors (Lipinski definition) is 7. The number of anilines is 4. The van der Waals surface area contributed by atoms with Gasteiger partial charge in [-0.25, -0.2) is 4.98 Å². The number of nitrogens with one attached hydrogen (secondary N) is 6. The summed E-state index contributed by atoms with van der Waals surface area (Å²) >= 11 is 2.97. The minimum Gasteiger partial charge on any atom is -0.388 e. The Morgan fingerprint density at radius 1 is 0.787 bits per heavy atom. The molecule has 47 heavy (non-hydrogen) atoms.